The van der Waals surface area contributed by atoms with E-state index in [4.69, 9.17) is 5.73 Å². The van der Waals surface area contributed by atoms with E-state index in [0.717, 1.165) is 13.2 Å². The fourth-order valence-electron chi connectivity index (χ4n) is 1.59. The highest BCUT2D eigenvalue weighted by atomic mass is 19.1. The van der Waals surface area contributed by atoms with Gasteiger partial charge >= 0.3 is 5.97 Å². The zero-order valence-electron chi connectivity index (χ0n) is 10.4. The van der Waals surface area contributed by atoms with Gasteiger partial charge in [-0.1, -0.05) is 0 Å². The van der Waals surface area contributed by atoms with E-state index in [1.54, 1.807) is 0 Å². The van der Waals surface area contributed by atoms with E-state index in [1.165, 1.54) is 0 Å². The number of rotatable bonds is 5. The van der Waals surface area contributed by atoms with Crippen LogP contribution in [-0.2, 0) is 9.53 Å². The average molecular weight is 288 g/mol. The quantitative estimate of drug-likeness (QED) is 0.306. The molecule has 0 bridgehead atoms. The number of hydrogen-bond acceptors (Lipinski definition) is 7. The van der Waals surface area contributed by atoms with Crippen molar-refractivity contribution in [1.82, 2.24) is 0 Å². The first-order valence-electron chi connectivity index (χ1n) is 5.44. The smallest absolute Gasteiger partial charge is 0.308 e. The molecular formula is C11H13FN2O6. The van der Waals surface area contributed by atoms with Gasteiger partial charge in [0.1, 0.15) is 17.6 Å². The maximum atomic E-state index is 13.3. The standard InChI is InChI=1S/C11H13FN2O6/c1-20-9(16)4-8(15)11(17)6-2-5(12)3-7(10(6)13)14(18)19/h2-3,8,11,15,17H,4,13H2,1H3. The van der Waals surface area contributed by atoms with Crippen LogP contribution in [0.15, 0.2) is 12.1 Å². The van der Waals surface area contributed by atoms with Crippen LogP contribution < -0.4 is 5.73 Å². The molecule has 8 nitrogen and oxygen atoms in total. The van der Waals surface area contributed by atoms with Gasteiger partial charge in [-0.3, -0.25) is 14.9 Å². The summed E-state index contributed by atoms with van der Waals surface area (Å²) in [6.07, 6.45) is -3.96. The number of anilines is 1. The first-order chi connectivity index (χ1) is 9.27. The number of aliphatic hydroxyl groups excluding tert-OH is 2. The number of aliphatic hydroxyl groups is 2. The van der Waals surface area contributed by atoms with Crippen molar-refractivity contribution in [3.05, 3.63) is 33.6 Å². The molecule has 9 heteroatoms. The Morgan fingerprint density at radius 2 is 2.15 bits per heavy atom. The van der Waals surface area contributed by atoms with Gasteiger partial charge in [0.25, 0.3) is 5.69 Å². The topological polar surface area (TPSA) is 136 Å². The van der Waals surface area contributed by atoms with E-state index in [2.05, 4.69) is 4.74 Å². The summed E-state index contributed by atoms with van der Waals surface area (Å²) in [4.78, 5) is 20.7. The molecule has 0 fully saturated rings. The second kappa shape index (κ2) is 6.26. The van der Waals surface area contributed by atoms with Gasteiger partial charge in [-0.2, -0.15) is 0 Å². The molecule has 0 saturated carbocycles. The van der Waals surface area contributed by atoms with Crippen molar-refractivity contribution in [2.45, 2.75) is 18.6 Å². The van der Waals surface area contributed by atoms with Crippen LogP contribution in [-0.4, -0.2) is 34.3 Å². The summed E-state index contributed by atoms with van der Waals surface area (Å²) in [6.45, 7) is 0. The number of carbonyl (C=O) groups is 1. The third-order valence-electron chi connectivity index (χ3n) is 2.64. The van der Waals surface area contributed by atoms with Crippen LogP contribution >= 0.6 is 0 Å². The molecule has 1 rings (SSSR count). The van der Waals surface area contributed by atoms with Crippen molar-refractivity contribution in [2.24, 2.45) is 0 Å². The second-order valence-electron chi connectivity index (χ2n) is 3.98. The van der Waals surface area contributed by atoms with Gasteiger partial charge in [0, 0.05) is 5.56 Å². The predicted octanol–water partition coefficient (Wildman–Crippen LogP) is 0.274. The summed E-state index contributed by atoms with van der Waals surface area (Å²) in [5.74, 6) is -1.80. The molecule has 20 heavy (non-hydrogen) atoms. The average Bonchev–Trinajstić information content (AvgIpc) is 2.39. The van der Waals surface area contributed by atoms with Crippen molar-refractivity contribution in [3.63, 3.8) is 0 Å². The fraction of sp³-hybridized carbons (Fsp3) is 0.364. The van der Waals surface area contributed by atoms with E-state index in [9.17, 15) is 29.5 Å². The van der Waals surface area contributed by atoms with Gasteiger partial charge < -0.3 is 20.7 Å². The molecular weight excluding hydrogens is 275 g/mol. The number of nitrogens with zero attached hydrogens (tertiary/aromatic N) is 1. The molecule has 1 aromatic rings. The Bertz CT molecular complexity index is 536. The molecule has 2 unspecified atom stereocenters. The number of ether oxygens (including phenoxy) is 1. The minimum atomic E-state index is -1.76. The zero-order chi connectivity index (χ0) is 15.4. The number of benzene rings is 1. The van der Waals surface area contributed by atoms with E-state index in [0.29, 0.717) is 6.07 Å². The van der Waals surface area contributed by atoms with Gasteiger partial charge in [-0.05, 0) is 6.07 Å². The lowest BCUT2D eigenvalue weighted by atomic mass is 9.99. The maximum absolute atomic E-state index is 13.3. The molecule has 1 aromatic carbocycles. The summed E-state index contributed by atoms with van der Waals surface area (Å²) in [7, 11) is 1.09. The van der Waals surface area contributed by atoms with E-state index in [1.807, 2.05) is 0 Å². The lowest BCUT2D eigenvalue weighted by Crippen LogP contribution is -2.23. The monoisotopic (exact) mass is 288 g/mol. The highest BCUT2D eigenvalue weighted by molar-refractivity contribution is 5.70. The molecule has 4 N–H and O–H groups in total. The van der Waals surface area contributed by atoms with Crippen LogP contribution in [0.1, 0.15) is 18.1 Å². The number of nitro benzene ring substituents is 1. The van der Waals surface area contributed by atoms with Crippen LogP contribution in [0.25, 0.3) is 0 Å². The third-order valence-corrected chi connectivity index (χ3v) is 2.64. The Morgan fingerprint density at radius 3 is 2.65 bits per heavy atom. The first-order valence-corrected chi connectivity index (χ1v) is 5.44. The van der Waals surface area contributed by atoms with Crippen LogP contribution in [0, 0.1) is 15.9 Å². The van der Waals surface area contributed by atoms with Crippen molar-refractivity contribution in [3.8, 4) is 0 Å². The molecule has 0 aliphatic rings. The summed E-state index contributed by atoms with van der Waals surface area (Å²) < 4.78 is 17.6. The minimum absolute atomic E-state index is 0.367. The highest BCUT2D eigenvalue weighted by Crippen LogP contribution is 2.32. The Kier molecular flexibility index (Phi) is 4.94. The van der Waals surface area contributed by atoms with Crippen molar-refractivity contribution in [2.75, 3.05) is 12.8 Å². The largest absolute Gasteiger partial charge is 0.469 e. The van der Waals surface area contributed by atoms with Gasteiger partial charge in [-0.15, -0.1) is 0 Å². The van der Waals surface area contributed by atoms with Crippen molar-refractivity contribution < 1.29 is 29.1 Å². The van der Waals surface area contributed by atoms with Crippen molar-refractivity contribution in [1.29, 1.82) is 0 Å². The molecule has 0 heterocycles. The van der Waals surface area contributed by atoms with E-state index < -0.39 is 46.7 Å². The predicted molar refractivity (Wildman–Crippen MR) is 65.1 cm³/mol. The number of esters is 1. The maximum Gasteiger partial charge on any atom is 0.308 e. The van der Waals surface area contributed by atoms with Gasteiger partial charge in [0.2, 0.25) is 0 Å². The first kappa shape index (κ1) is 15.8. The number of nitrogens with two attached hydrogens (primary N) is 1. The molecule has 0 aromatic heterocycles. The zero-order valence-corrected chi connectivity index (χ0v) is 10.4. The van der Waals surface area contributed by atoms with Crippen LogP contribution in [0.3, 0.4) is 0 Å². The minimum Gasteiger partial charge on any atom is -0.469 e. The lowest BCUT2D eigenvalue weighted by Gasteiger charge is -2.18. The Hall–Kier alpha value is -2.26. The van der Waals surface area contributed by atoms with Gasteiger partial charge in [-0.25, -0.2) is 4.39 Å². The number of nitrogen functional groups attached to an aromatic ring is 1. The van der Waals surface area contributed by atoms with Crippen LogP contribution in [0.2, 0.25) is 0 Å². The summed E-state index contributed by atoms with van der Waals surface area (Å²) in [6, 6.07) is 1.35. The van der Waals surface area contributed by atoms with E-state index in [-0.39, 0.29) is 5.56 Å². The van der Waals surface area contributed by atoms with Gasteiger partial charge in [0.15, 0.2) is 0 Å². The van der Waals surface area contributed by atoms with Crippen molar-refractivity contribution >= 4 is 17.3 Å². The molecule has 2 atom stereocenters. The lowest BCUT2D eigenvalue weighted by molar-refractivity contribution is -0.384. The van der Waals surface area contributed by atoms with Crippen LogP contribution in [0.5, 0.6) is 0 Å². The number of halogens is 1. The molecule has 0 spiro atoms. The molecule has 0 aliphatic carbocycles. The van der Waals surface area contributed by atoms with E-state index >= 15 is 0 Å². The SMILES string of the molecule is COC(=O)CC(O)C(O)c1cc(F)cc([N+](=O)[O-])c1N. The second-order valence-corrected chi connectivity index (χ2v) is 3.98. The number of nitro groups is 1. The number of carbonyl (C=O) groups excluding carboxylic acids is 1. The summed E-state index contributed by atoms with van der Waals surface area (Å²) in [5.41, 5.74) is 3.88. The summed E-state index contributed by atoms with van der Waals surface area (Å²) >= 11 is 0. The molecule has 0 aliphatic heterocycles. The molecule has 0 amide bonds. The Labute approximate surface area is 112 Å². The Balaban J connectivity index is 3.12. The fourth-order valence-corrected chi connectivity index (χ4v) is 1.59. The Morgan fingerprint density at radius 1 is 1.55 bits per heavy atom. The summed E-state index contributed by atoms with van der Waals surface area (Å²) in [5, 5.41) is 30.1. The van der Waals surface area contributed by atoms with Crippen LogP contribution in [0.4, 0.5) is 15.8 Å². The highest BCUT2D eigenvalue weighted by Gasteiger charge is 2.28. The number of methoxy groups -OCH3 is 1. The third kappa shape index (κ3) is 3.39. The normalized spacial score (nSPS) is 13.6. The molecule has 0 saturated heterocycles. The number of hydrogen-bond donors (Lipinski definition) is 3. The van der Waals surface area contributed by atoms with Gasteiger partial charge in [0.05, 0.1) is 30.6 Å². The molecule has 0 radical (unpaired) electrons. The molecule has 110 valence electrons.